The number of benzene rings is 1. The molecule has 4 heteroatoms. The van der Waals surface area contributed by atoms with E-state index < -0.39 is 11.6 Å². The fourth-order valence-corrected chi connectivity index (χ4v) is 4.44. The third kappa shape index (κ3) is 3.29. The van der Waals surface area contributed by atoms with Crippen molar-refractivity contribution >= 4 is 22.9 Å². The zero-order chi connectivity index (χ0) is 14.8. The summed E-state index contributed by atoms with van der Waals surface area (Å²) in [5.41, 5.74) is 1.47. The van der Waals surface area contributed by atoms with E-state index in [0.29, 0.717) is 0 Å². The van der Waals surface area contributed by atoms with Gasteiger partial charge in [0.05, 0.1) is 5.38 Å². The van der Waals surface area contributed by atoms with E-state index in [-0.39, 0.29) is 17.4 Å². The van der Waals surface area contributed by atoms with Gasteiger partial charge in [-0.05, 0) is 55.9 Å². The first-order valence-corrected chi connectivity index (χ1v) is 8.59. The van der Waals surface area contributed by atoms with E-state index >= 15 is 0 Å². The zero-order valence-electron chi connectivity index (χ0n) is 11.7. The van der Waals surface area contributed by atoms with Crippen molar-refractivity contribution in [1.29, 1.82) is 0 Å². The lowest BCUT2D eigenvalue weighted by atomic mass is 10.1. The highest BCUT2D eigenvalue weighted by molar-refractivity contribution is 7.12. The van der Waals surface area contributed by atoms with Gasteiger partial charge in [0.2, 0.25) is 0 Å². The van der Waals surface area contributed by atoms with Crippen molar-refractivity contribution in [2.45, 2.75) is 43.9 Å². The van der Waals surface area contributed by atoms with Crippen LogP contribution in [0.3, 0.4) is 0 Å². The molecule has 1 aromatic carbocycles. The van der Waals surface area contributed by atoms with Crippen LogP contribution in [0.4, 0.5) is 8.78 Å². The molecule has 0 radical (unpaired) electrons. The highest BCUT2D eigenvalue weighted by atomic mass is 35.5. The predicted octanol–water partition coefficient (Wildman–Crippen LogP) is 5.82. The van der Waals surface area contributed by atoms with Crippen molar-refractivity contribution in [3.63, 3.8) is 0 Å². The molecule has 0 nitrogen and oxygen atoms in total. The summed E-state index contributed by atoms with van der Waals surface area (Å²) in [6, 6.07) is 6.09. The molecule has 0 saturated heterocycles. The zero-order valence-corrected chi connectivity index (χ0v) is 13.2. The largest absolute Gasteiger partial charge is 0.207 e. The second-order valence-electron chi connectivity index (χ2n) is 5.53. The maximum absolute atomic E-state index is 13.7. The molecule has 1 aliphatic carbocycles. The minimum absolute atomic E-state index is 0.0843. The van der Waals surface area contributed by atoms with Gasteiger partial charge in [0, 0.05) is 15.3 Å². The molecule has 1 aliphatic rings. The second kappa shape index (κ2) is 6.45. The maximum atomic E-state index is 13.7. The molecule has 1 atom stereocenters. The quantitative estimate of drug-likeness (QED) is 0.492. The lowest BCUT2D eigenvalue weighted by molar-refractivity contribution is 0.553. The smallest absolute Gasteiger partial charge is 0.129 e. The number of alkyl halides is 1. The molecule has 1 aromatic heterocycles. The summed E-state index contributed by atoms with van der Waals surface area (Å²) in [4.78, 5) is 2.44. The Balaban J connectivity index is 1.81. The van der Waals surface area contributed by atoms with Gasteiger partial charge < -0.3 is 0 Å². The van der Waals surface area contributed by atoms with Crippen molar-refractivity contribution in [3.8, 4) is 0 Å². The predicted molar refractivity (Wildman–Crippen MR) is 84.2 cm³/mol. The Bertz CT molecular complexity index is 592. The Morgan fingerprint density at radius 2 is 1.81 bits per heavy atom. The number of rotatable bonds is 3. The summed E-state index contributed by atoms with van der Waals surface area (Å²) in [7, 11) is 0. The monoisotopic (exact) mass is 326 g/mol. The third-order valence-corrected chi connectivity index (χ3v) is 5.89. The van der Waals surface area contributed by atoms with E-state index in [4.69, 9.17) is 11.6 Å². The third-order valence-electron chi connectivity index (χ3n) is 4.02. The van der Waals surface area contributed by atoms with Gasteiger partial charge >= 0.3 is 0 Å². The van der Waals surface area contributed by atoms with Crippen LogP contribution in [0.5, 0.6) is 0 Å². The van der Waals surface area contributed by atoms with Crippen LogP contribution in [0.2, 0.25) is 0 Å². The summed E-state index contributed by atoms with van der Waals surface area (Å²) in [5, 5.41) is -0.367. The van der Waals surface area contributed by atoms with E-state index in [9.17, 15) is 8.78 Å². The van der Waals surface area contributed by atoms with Crippen LogP contribution in [-0.2, 0) is 19.3 Å². The number of hydrogen-bond donors (Lipinski definition) is 0. The number of aryl methyl sites for hydroxylation is 2. The first-order valence-electron chi connectivity index (χ1n) is 7.33. The fraction of sp³-hybridized carbons (Fsp3) is 0.412. The van der Waals surface area contributed by atoms with E-state index in [1.165, 1.54) is 47.9 Å². The number of fused-ring (bicyclic) bond motifs is 1. The molecule has 0 spiro atoms. The highest BCUT2D eigenvalue weighted by Crippen LogP contribution is 2.36. The Hall–Kier alpha value is -0.930. The van der Waals surface area contributed by atoms with Gasteiger partial charge in [-0.25, -0.2) is 8.78 Å². The molecule has 0 N–H and O–H groups in total. The molecule has 1 unspecified atom stereocenters. The van der Waals surface area contributed by atoms with Crippen LogP contribution >= 0.6 is 22.9 Å². The van der Waals surface area contributed by atoms with Crippen molar-refractivity contribution in [2.75, 3.05) is 0 Å². The molecule has 21 heavy (non-hydrogen) atoms. The standard InChI is InChI=1S/C17H17ClF2S/c18-13(10-12-14(19)6-4-7-15(12)20)17-9-11-5-2-1-3-8-16(11)21-17/h4,6-7,9,13H,1-3,5,8,10H2. The van der Waals surface area contributed by atoms with Gasteiger partial charge in [-0.15, -0.1) is 22.9 Å². The Kier molecular flexibility index (Phi) is 4.60. The molecular weight excluding hydrogens is 310 g/mol. The van der Waals surface area contributed by atoms with Gasteiger partial charge in [-0.1, -0.05) is 12.5 Å². The maximum Gasteiger partial charge on any atom is 0.129 e. The topological polar surface area (TPSA) is 0 Å². The van der Waals surface area contributed by atoms with Crippen LogP contribution in [-0.4, -0.2) is 0 Å². The van der Waals surface area contributed by atoms with Crippen molar-refractivity contribution in [1.82, 2.24) is 0 Å². The van der Waals surface area contributed by atoms with E-state index in [1.54, 1.807) is 11.3 Å². The molecule has 0 bridgehead atoms. The van der Waals surface area contributed by atoms with Gasteiger partial charge in [0.15, 0.2) is 0 Å². The lowest BCUT2D eigenvalue weighted by Crippen LogP contribution is -2.00. The summed E-state index contributed by atoms with van der Waals surface area (Å²) < 4.78 is 27.4. The van der Waals surface area contributed by atoms with Crippen LogP contribution in [0.1, 0.15) is 45.5 Å². The van der Waals surface area contributed by atoms with Crippen molar-refractivity contribution < 1.29 is 8.78 Å². The van der Waals surface area contributed by atoms with Crippen molar-refractivity contribution in [2.24, 2.45) is 0 Å². The van der Waals surface area contributed by atoms with E-state index in [2.05, 4.69) is 6.07 Å². The minimum Gasteiger partial charge on any atom is -0.207 e. The summed E-state index contributed by atoms with van der Waals surface area (Å²) in [5.74, 6) is -1.03. The van der Waals surface area contributed by atoms with E-state index in [0.717, 1.165) is 17.7 Å². The van der Waals surface area contributed by atoms with E-state index in [1.807, 2.05) is 0 Å². The first kappa shape index (κ1) is 15.0. The molecule has 0 fully saturated rings. The summed E-state index contributed by atoms with van der Waals surface area (Å²) >= 11 is 8.13. The molecule has 0 aliphatic heterocycles. The van der Waals surface area contributed by atoms with Crippen LogP contribution in [0.25, 0.3) is 0 Å². The SMILES string of the molecule is Fc1cccc(F)c1CC(Cl)c1cc2c(s1)CCCCC2. The molecule has 0 amide bonds. The lowest BCUT2D eigenvalue weighted by Gasteiger charge is -2.09. The van der Waals surface area contributed by atoms with Gasteiger partial charge in [0.1, 0.15) is 11.6 Å². The molecule has 1 heterocycles. The van der Waals surface area contributed by atoms with Gasteiger partial charge in [0.25, 0.3) is 0 Å². The average Bonchev–Trinajstić information content (AvgIpc) is 2.74. The fourth-order valence-electron chi connectivity index (χ4n) is 2.85. The van der Waals surface area contributed by atoms with Gasteiger partial charge in [-0.3, -0.25) is 0 Å². The average molecular weight is 327 g/mol. The number of thiophene rings is 1. The number of halogens is 3. The molecular formula is C17H17ClF2S. The first-order chi connectivity index (χ1) is 10.1. The minimum atomic E-state index is -0.515. The highest BCUT2D eigenvalue weighted by Gasteiger charge is 2.20. The summed E-state index contributed by atoms with van der Waals surface area (Å²) in [6.45, 7) is 0. The Morgan fingerprint density at radius 3 is 2.57 bits per heavy atom. The van der Waals surface area contributed by atoms with Crippen LogP contribution in [0, 0.1) is 11.6 Å². The van der Waals surface area contributed by atoms with Crippen molar-refractivity contribution in [3.05, 3.63) is 56.8 Å². The Labute approximate surface area is 132 Å². The molecule has 0 saturated carbocycles. The normalized spacial score (nSPS) is 16.3. The number of hydrogen-bond acceptors (Lipinski definition) is 1. The van der Waals surface area contributed by atoms with Gasteiger partial charge in [-0.2, -0.15) is 0 Å². The second-order valence-corrected chi connectivity index (χ2v) is 7.22. The summed E-state index contributed by atoms with van der Waals surface area (Å²) in [6.07, 6.45) is 6.13. The Morgan fingerprint density at radius 1 is 1.10 bits per heavy atom. The molecule has 112 valence electrons. The molecule has 3 rings (SSSR count). The molecule has 2 aromatic rings. The van der Waals surface area contributed by atoms with Crippen LogP contribution < -0.4 is 0 Å². The van der Waals surface area contributed by atoms with Crippen LogP contribution in [0.15, 0.2) is 24.3 Å².